The van der Waals surface area contributed by atoms with Gasteiger partial charge in [0.2, 0.25) is 5.91 Å². The molecule has 3 fully saturated rings. The van der Waals surface area contributed by atoms with E-state index < -0.39 is 76.3 Å². The first-order valence-electron chi connectivity index (χ1n) is 16.2. The third-order valence-corrected chi connectivity index (χ3v) is 11.2. The Morgan fingerprint density at radius 1 is 1.06 bits per heavy atom. The van der Waals surface area contributed by atoms with Crippen molar-refractivity contribution in [2.45, 2.75) is 116 Å². The van der Waals surface area contributed by atoms with Gasteiger partial charge in [0.1, 0.15) is 29.2 Å². The number of aliphatic hydroxyl groups is 3. The summed E-state index contributed by atoms with van der Waals surface area (Å²) in [6.07, 6.45) is -2.96. The minimum atomic E-state index is -1.96. The van der Waals surface area contributed by atoms with Gasteiger partial charge in [-0.25, -0.2) is 9.59 Å². The molecule has 1 aromatic carbocycles. The summed E-state index contributed by atoms with van der Waals surface area (Å²) in [6, 6.07) is 7.20. The Hall–Kier alpha value is -3.38. The summed E-state index contributed by atoms with van der Waals surface area (Å²) in [4.78, 5) is 53.5. The number of amides is 1. The standard InChI is InChI=1S/C36H47NO10/c1-19(2)15-24(37-21(4)38)28(40)32(42)46-25-17-36(44)30(47-31(41)22-11-9-8-10-12-22)29-34(7,14-13-27-35(29,43)18-45-27)26(39)16-23(20(25)3)33(36,5)6/h8-12,15,24-25,27-30,40,43-44H,13-14,16-18H2,1-7H3,(H,37,38)/t24?,25?,27?,28?,29?,30?,34-,35-,36?/m0/s1. The van der Waals surface area contributed by atoms with Gasteiger partial charge in [-0.15, -0.1) is 0 Å². The molecule has 7 unspecified atom stereocenters. The molecule has 4 aliphatic rings. The third-order valence-electron chi connectivity index (χ3n) is 11.2. The molecule has 3 aliphatic carbocycles. The normalized spacial score (nSPS) is 35.4. The van der Waals surface area contributed by atoms with Gasteiger partial charge < -0.3 is 34.8 Å². The zero-order valence-corrected chi connectivity index (χ0v) is 28.2. The van der Waals surface area contributed by atoms with E-state index in [4.69, 9.17) is 14.2 Å². The zero-order valence-electron chi connectivity index (χ0n) is 28.2. The molecule has 1 amide bonds. The molecule has 47 heavy (non-hydrogen) atoms. The highest BCUT2D eigenvalue weighted by atomic mass is 16.6. The van der Waals surface area contributed by atoms with Crippen LogP contribution in [0.25, 0.3) is 0 Å². The maximum atomic E-state index is 14.4. The minimum absolute atomic E-state index is 0.0853. The van der Waals surface area contributed by atoms with Crippen LogP contribution in [0.3, 0.4) is 0 Å². The van der Waals surface area contributed by atoms with Gasteiger partial charge in [0.05, 0.1) is 24.3 Å². The number of Topliss-reactive ketones (excluding diaryl/α,β-unsaturated/α-hetero) is 1. The van der Waals surface area contributed by atoms with Crippen molar-refractivity contribution < 1.29 is 48.7 Å². The average molecular weight is 654 g/mol. The first kappa shape index (κ1) is 34.9. The number of nitrogens with one attached hydrogen (secondary N) is 1. The van der Waals surface area contributed by atoms with Gasteiger partial charge in [-0.05, 0) is 51.3 Å². The lowest BCUT2D eigenvalue weighted by Gasteiger charge is -2.65. The highest BCUT2D eigenvalue weighted by molar-refractivity contribution is 5.91. The largest absolute Gasteiger partial charge is 0.456 e. The maximum Gasteiger partial charge on any atom is 0.338 e. The molecule has 2 bridgehead atoms. The predicted molar refractivity (Wildman–Crippen MR) is 170 cm³/mol. The smallest absolute Gasteiger partial charge is 0.338 e. The quantitative estimate of drug-likeness (QED) is 0.254. The second-order valence-corrected chi connectivity index (χ2v) is 14.8. The maximum absolute atomic E-state index is 14.4. The fourth-order valence-corrected chi connectivity index (χ4v) is 8.37. The van der Waals surface area contributed by atoms with E-state index in [2.05, 4.69) is 5.32 Å². The highest BCUT2D eigenvalue weighted by Crippen LogP contribution is 2.63. The average Bonchev–Trinajstić information content (AvgIpc) is 2.99. The molecule has 2 saturated carbocycles. The van der Waals surface area contributed by atoms with Crippen LogP contribution in [0.5, 0.6) is 0 Å². The Balaban J connectivity index is 1.62. The summed E-state index contributed by atoms with van der Waals surface area (Å²) in [6.45, 7) is 11.7. The van der Waals surface area contributed by atoms with E-state index >= 15 is 0 Å². The van der Waals surface area contributed by atoms with Crippen LogP contribution in [-0.4, -0.2) is 87.2 Å². The van der Waals surface area contributed by atoms with Crippen LogP contribution >= 0.6 is 0 Å². The molecule has 256 valence electrons. The zero-order chi connectivity index (χ0) is 34.7. The monoisotopic (exact) mass is 653 g/mol. The lowest BCUT2D eigenvalue weighted by atomic mass is 9.46. The summed E-state index contributed by atoms with van der Waals surface area (Å²) in [5.41, 5.74) is -3.84. The number of hydrogen-bond acceptors (Lipinski definition) is 10. The summed E-state index contributed by atoms with van der Waals surface area (Å²) < 4.78 is 17.9. The molecular formula is C36H47NO10. The van der Waals surface area contributed by atoms with E-state index in [1.54, 1.807) is 78.0 Å². The molecular weight excluding hydrogens is 606 g/mol. The number of allylic oxidation sites excluding steroid dienone is 1. The molecule has 0 spiro atoms. The number of hydrogen-bond donors (Lipinski definition) is 4. The van der Waals surface area contributed by atoms with Crippen molar-refractivity contribution in [2.75, 3.05) is 6.61 Å². The van der Waals surface area contributed by atoms with Crippen LogP contribution in [0, 0.1) is 16.7 Å². The number of carbonyl (C=O) groups excluding carboxylic acids is 4. The Morgan fingerprint density at radius 3 is 2.30 bits per heavy atom. The van der Waals surface area contributed by atoms with E-state index in [1.165, 1.54) is 6.92 Å². The topological polar surface area (TPSA) is 169 Å². The number of rotatable bonds is 7. The van der Waals surface area contributed by atoms with Crippen molar-refractivity contribution in [3.8, 4) is 0 Å². The molecule has 1 aliphatic heterocycles. The number of carbonyl (C=O) groups is 4. The van der Waals surface area contributed by atoms with Crippen molar-refractivity contribution in [1.82, 2.24) is 5.32 Å². The van der Waals surface area contributed by atoms with Gasteiger partial charge in [0.15, 0.2) is 6.10 Å². The summed E-state index contributed by atoms with van der Waals surface area (Å²) in [5, 5.41) is 38.8. The minimum Gasteiger partial charge on any atom is -0.456 e. The fourth-order valence-electron chi connectivity index (χ4n) is 8.37. The predicted octanol–water partition coefficient (Wildman–Crippen LogP) is 2.95. The summed E-state index contributed by atoms with van der Waals surface area (Å²) in [5.74, 6) is -3.47. The number of ether oxygens (including phenoxy) is 3. The van der Waals surface area contributed by atoms with Crippen LogP contribution in [-0.2, 0) is 28.6 Å². The van der Waals surface area contributed by atoms with Gasteiger partial charge >= 0.3 is 11.9 Å². The van der Waals surface area contributed by atoms with Crippen molar-refractivity contribution in [1.29, 1.82) is 0 Å². The third kappa shape index (κ3) is 5.75. The molecule has 11 heteroatoms. The van der Waals surface area contributed by atoms with E-state index in [1.807, 2.05) is 0 Å². The van der Waals surface area contributed by atoms with E-state index in [0.29, 0.717) is 24.0 Å². The molecule has 9 atom stereocenters. The molecule has 5 rings (SSSR count). The van der Waals surface area contributed by atoms with Crippen LogP contribution in [0.2, 0.25) is 0 Å². The molecule has 4 N–H and O–H groups in total. The first-order valence-corrected chi connectivity index (χ1v) is 16.2. The number of ketones is 1. The molecule has 11 nitrogen and oxygen atoms in total. The highest BCUT2D eigenvalue weighted by Gasteiger charge is 2.73. The lowest BCUT2D eigenvalue weighted by molar-refractivity contribution is -0.328. The van der Waals surface area contributed by atoms with Gasteiger partial charge in [0.25, 0.3) is 0 Å². The van der Waals surface area contributed by atoms with Crippen molar-refractivity contribution >= 4 is 23.6 Å². The van der Waals surface area contributed by atoms with Crippen LogP contribution in [0.1, 0.15) is 84.5 Å². The van der Waals surface area contributed by atoms with Crippen LogP contribution in [0.4, 0.5) is 0 Å². The molecule has 1 saturated heterocycles. The van der Waals surface area contributed by atoms with Crippen LogP contribution in [0.15, 0.2) is 53.1 Å². The van der Waals surface area contributed by atoms with Crippen molar-refractivity contribution in [2.24, 2.45) is 16.7 Å². The molecule has 0 aromatic heterocycles. The second kappa shape index (κ2) is 12.3. The van der Waals surface area contributed by atoms with Gasteiger partial charge in [-0.3, -0.25) is 9.59 Å². The van der Waals surface area contributed by atoms with Crippen molar-refractivity contribution in [3.63, 3.8) is 0 Å². The van der Waals surface area contributed by atoms with E-state index in [9.17, 15) is 34.5 Å². The Labute approximate surface area is 275 Å². The molecule has 1 heterocycles. The summed E-state index contributed by atoms with van der Waals surface area (Å²) >= 11 is 0. The lowest BCUT2D eigenvalue weighted by Crippen LogP contribution is -2.77. The second-order valence-electron chi connectivity index (χ2n) is 14.8. The first-order chi connectivity index (χ1) is 21.9. The van der Waals surface area contributed by atoms with Gasteiger partial charge in [0, 0.05) is 36.5 Å². The van der Waals surface area contributed by atoms with Gasteiger partial charge in [-0.1, -0.05) is 56.2 Å². The van der Waals surface area contributed by atoms with E-state index in [-0.39, 0.29) is 30.8 Å². The SMILES string of the molecule is CC(=O)NC(C=C(C)C)C(O)C(=O)OC1CC2(O)C(OC(=O)c3ccccc3)C3[C@]4(O)COC4CC[C@@]3(C)C(=O)CC(=C1C)C2(C)C. The van der Waals surface area contributed by atoms with Gasteiger partial charge in [-0.2, -0.15) is 0 Å². The molecule has 0 radical (unpaired) electrons. The molecule has 1 aromatic rings. The number of aliphatic hydroxyl groups excluding tert-OH is 1. The number of esters is 2. The number of fused-ring (bicyclic) bond motifs is 5. The Kier molecular flexibility index (Phi) is 9.11. The Bertz CT molecular complexity index is 1510. The number of benzene rings is 1. The summed E-state index contributed by atoms with van der Waals surface area (Å²) in [7, 11) is 0. The fraction of sp³-hybridized carbons (Fsp3) is 0.611. The van der Waals surface area contributed by atoms with Crippen molar-refractivity contribution in [3.05, 3.63) is 58.7 Å². The van der Waals surface area contributed by atoms with Crippen LogP contribution < -0.4 is 5.32 Å². The Morgan fingerprint density at radius 2 is 1.72 bits per heavy atom. The van der Waals surface area contributed by atoms with E-state index in [0.717, 1.165) is 5.57 Å².